The molecule has 0 aliphatic carbocycles. The Balaban J connectivity index is 4.00. The summed E-state index contributed by atoms with van der Waals surface area (Å²) in [5, 5.41) is 0. The molecule has 0 aromatic rings. The molecule has 0 aliphatic rings. The number of hydrogen-bond donors (Lipinski definition) is 0. The summed E-state index contributed by atoms with van der Waals surface area (Å²) in [7, 11) is 0. The Morgan fingerprint density at radius 1 is 0.278 bits per heavy atom. The van der Waals surface area contributed by atoms with Gasteiger partial charge in [0.2, 0.25) is 0 Å². The normalized spacial score (nSPS) is 12.4. The molecule has 0 N–H and O–H groups in total. The maximum absolute atomic E-state index is 12.8. The smallest absolute Gasteiger partial charge is 0.306 e. The van der Waals surface area contributed by atoms with E-state index < -0.39 is 6.10 Å². The number of allylic oxidation sites excluding steroid dienone is 10. The standard InChI is InChI=1S/C66H118O6/c1-4-7-10-13-16-19-22-23-24-25-26-27-28-29-30-31-32-33-34-35-36-37-38-39-40-41-42-43-45-47-50-53-56-59-65(68)71-62-63(61-70-64(67)58-55-52-49-46-21-18-15-12-9-6-3)72-66(69)60-57-54-51-48-44-20-17-14-11-8-5-2/h12,14-15,17,22-23,25-26,28-29,63H,4-11,13,16,18-21,24,27,30-62H2,1-3H3/b15-12-,17-14-,23-22-,26-25-,29-28-. The highest BCUT2D eigenvalue weighted by Gasteiger charge is 2.19. The SMILES string of the molecule is CCC/C=C\CCCCCCCC(=O)OCC(COC(=O)CCCCCCCCCCCCCCCCCCCC/C=C\C/C=C\C/C=C\CCCCCCC)OC(=O)CCCCCCC/C=C\CCCC. The van der Waals surface area contributed by atoms with Crippen molar-refractivity contribution >= 4 is 17.9 Å². The van der Waals surface area contributed by atoms with Gasteiger partial charge in [-0.05, 0) is 96.3 Å². The molecule has 6 heteroatoms. The Morgan fingerprint density at radius 3 is 0.889 bits per heavy atom. The maximum Gasteiger partial charge on any atom is 0.306 e. The zero-order valence-corrected chi connectivity index (χ0v) is 47.9. The van der Waals surface area contributed by atoms with E-state index in [9.17, 15) is 14.4 Å². The highest BCUT2D eigenvalue weighted by molar-refractivity contribution is 5.71. The summed E-state index contributed by atoms with van der Waals surface area (Å²) in [5.41, 5.74) is 0. The molecule has 6 nitrogen and oxygen atoms in total. The van der Waals surface area contributed by atoms with Crippen molar-refractivity contribution in [1.29, 1.82) is 0 Å². The Labute approximate surface area is 447 Å². The number of hydrogen-bond acceptors (Lipinski definition) is 6. The van der Waals surface area contributed by atoms with Crippen LogP contribution < -0.4 is 0 Å². The van der Waals surface area contributed by atoms with E-state index in [0.29, 0.717) is 19.3 Å². The van der Waals surface area contributed by atoms with Gasteiger partial charge in [0.05, 0.1) is 0 Å². The van der Waals surface area contributed by atoms with Crippen molar-refractivity contribution in [1.82, 2.24) is 0 Å². The first-order chi connectivity index (χ1) is 35.5. The first kappa shape index (κ1) is 69.1. The number of rotatable bonds is 57. The lowest BCUT2D eigenvalue weighted by atomic mass is 10.0. The van der Waals surface area contributed by atoms with Gasteiger partial charge in [0.15, 0.2) is 6.10 Å². The van der Waals surface area contributed by atoms with E-state index in [-0.39, 0.29) is 31.1 Å². The molecular weight excluding hydrogens is 889 g/mol. The molecule has 0 saturated carbocycles. The molecule has 0 radical (unpaired) electrons. The fourth-order valence-corrected chi connectivity index (χ4v) is 8.96. The zero-order valence-electron chi connectivity index (χ0n) is 47.9. The van der Waals surface area contributed by atoms with E-state index in [1.54, 1.807) is 0 Å². The molecule has 0 rings (SSSR count). The second-order valence-electron chi connectivity index (χ2n) is 21.0. The molecule has 418 valence electrons. The molecule has 1 atom stereocenters. The van der Waals surface area contributed by atoms with Crippen LogP contribution in [0.3, 0.4) is 0 Å². The fraction of sp³-hybridized carbons (Fsp3) is 0.803. The van der Waals surface area contributed by atoms with Crippen molar-refractivity contribution in [2.75, 3.05) is 13.2 Å². The summed E-state index contributed by atoms with van der Waals surface area (Å²) >= 11 is 0. The van der Waals surface area contributed by atoms with Crippen LogP contribution in [0.25, 0.3) is 0 Å². The van der Waals surface area contributed by atoms with Crippen LogP contribution in [0.15, 0.2) is 60.8 Å². The van der Waals surface area contributed by atoms with Crippen LogP contribution in [0.4, 0.5) is 0 Å². The summed E-state index contributed by atoms with van der Waals surface area (Å²) in [5.74, 6) is -0.888. The number of unbranched alkanes of at least 4 members (excludes halogenated alkanes) is 36. The number of carbonyl (C=O) groups is 3. The predicted octanol–water partition coefficient (Wildman–Crippen LogP) is 21.2. The molecule has 0 heterocycles. The Hall–Kier alpha value is -2.89. The third-order valence-electron chi connectivity index (χ3n) is 13.7. The zero-order chi connectivity index (χ0) is 52.2. The number of carbonyl (C=O) groups excluding carboxylic acids is 3. The van der Waals surface area contributed by atoms with Crippen LogP contribution in [0.1, 0.15) is 323 Å². The van der Waals surface area contributed by atoms with Gasteiger partial charge in [-0.1, -0.05) is 268 Å². The van der Waals surface area contributed by atoms with Gasteiger partial charge in [-0.3, -0.25) is 14.4 Å². The molecular formula is C66H118O6. The first-order valence-corrected chi connectivity index (χ1v) is 31.3. The Bertz CT molecular complexity index is 1290. The van der Waals surface area contributed by atoms with Gasteiger partial charge in [-0.2, -0.15) is 0 Å². The summed E-state index contributed by atoms with van der Waals surface area (Å²) in [4.78, 5) is 38.0. The summed E-state index contributed by atoms with van der Waals surface area (Å²) in [6, 6.07) is 0. The van der Waals surface area contributed by atoms with Crippen molar-refractivity contribution in [3.8, 4) is 0 Å². The minimum Gasteiger partial charge on any atom is -0.462 e. The molecule has 0 aromatic heterocycles. The van der Waals surface area contributed by atoms with Crippen molar-refractivity contribution in [3.63, 3.8) is 0 Å². The van der Waals surface area contributed by atoms with E-state index >= 15 is 0 Å². The molecule has 0 aliphatic heterocycles. The van der Waals surface area contributed by atoms with Gasteiger partial charge < -0.3 is 14.2 Å². The average Bonchev–Trinajstić information content (AvgIpc) is 3.38. The van der Waals surface area contributed by atoms with Gasteiger partial charge in [0.1, 0.15) is 13.2 Å². The fourth-order valence-electron chi connectivity index (χ4n) is 8.96. The molecule has 0 fully saturated rings. The van der Waals surface area contributed by atoms with Gasteiger partial charge in [0.25, 0.3) is 0 Å². The minimum atomic E-state index is -0.778. The van der Waals surface area contributed by atoms with Crippen molar-refractivity contribution in [3.05, 3.63) is 60.8 Å². The van der Waals surface area contributed by atoms with Gasteiger partial charge in [0, 0.05) is 19.3 Å². The maximum atomic E-state index is 12.8. The van der Waals surface area contributed by atoms with Crippen molar-refractivity contribution in [2.24, 2.45) is 0 Å². The average molecular weight is 1010 g/mol. The largest absolute Gasteiger partial charge is 0.462 e. The highest BCUT2D eigenvalue weighted by Crippen LogP contribution is 2.17. The van der Waals surface area contributed by atoms with Gasteiger partial charge in [-0.25, -0.2) is 0 Å². The number of ether oxygens (including phenoxy) is 3. The predicted molar refractivity (Wildman–Crippen MR) is 312 cm³/mol. The first-order valence-electron chi connectivity index (χ1n) is 31.3. The summed E-state index contributed by atoms with van der Waals surface area (Å²) in [6.07, 6.45) is 76.9. The van der Waals surface area contributed by atoms with Crippen LogP contribution in [0, 0.1) is 0 Å². The third kappa shape index (κ3) is 58.0. The molecule has 0 spiro atoms. The monoisotopic (exact) mass is 1010 g/mol. The topological polar surface area (TPSA) is 78.9 Å². The Morgan fingerprint density at radius 2 is 0.542 bits per heavy atom. The highest BCUT2D eigenvalue weighted by atomic mass is 16.6. The van der Waals surface area contributed by atoms with Crippen LogP contribution in [0.2, 0.25) is 0 Å². The van der Waals surface area contributed by atoms with Crippen molar-refractivity contribution in [2.45, 2.75) is 329 Å². The Kier molecular flexibility index (Phi) is 58.2. The van der Waals surface area contributed by atoms with E-state index in [2.05, 4.69) is 81.5 Å². The lowest BCUT2D eigenvalue weighted by Crippen LogP contribution is -2.30. The third-order valence-corrected chi connectivity index (χ3v) is 13.7. The molecule has 0 amide bonds. The van der Waals surface area contributed by atoms with Crippen LogP contribution >= 0.6 is 0 Å². The number of esters is 3. The van der Waals surface area contributed by atoms with Crippen molar-refractivity contribution < 1.29 is 28.6 Å². The molecule has 0 aromatic carbocycles. The van der Waals surface area contributed by atoms with E-state index in [0.717, 1.165) is 96.3 Å². The van der Waals surface area contributed by atoms with Crippen LogP contribution in [0.5, 0.6) is 0 Å². The lowest BCUT2D eigenvalue weighted by Gasteiger charge is -2.18. The van der Waals surface area contributed by atoms with Gasteiger partial charge >= 0.3 is 17.9 Å². The van der Waals surface area contributed by atoms with Crippen LogP contribution in [-0.4, -0.2) is 37.2 Å². The second-order valence-corrected chi connectivity index (χ2v) is 21.0. The molecule has 1 unspecified atom stereocenters. The summed E-state index contributed by atoms with van der Waals surface area (Å²) < 4.78 is 16.8. The minimum absolute atomic E-state index is 0.0775. The summed E-state index contributed by atoms with van der Waals surface area (Å²) in [6.45, 7) is 6.54. The molecule has 0 saturated heterocycles. The quantitative estimate of drug-likeness (QED) is 0.0261. The van der Waals surface area contributed by atoms with Gasteiger partial charge in [-0.15, -0.1) is 0 Å². The van der Waals surface area contributed by atoms with E-state index in [4.69, 9.17) is 14.2 Å². The lowest BCUT2D eigenvalue weighted by molar-refractivity contribution is -0.167. The molecule has 0 bridgehead atoms. The van der Waals surface area contributed by atoms with E-state index in [1.807, 2.05) is 0 Å². The van der Waals surface area contributed by atoms with Crippen LogP contribution in [-0.2, 0) is 28.6 Å². The molecule has 72 heavy (non-hydrogen) atoms. The van der Waals surface area contributed by atoms with E-state index in [1.165, 1.54) is 186 Å². The second kappa shape index (κ2) is 60.7.